The molecule has 0 aromatic heterocycles. The summed E-state index contributed by atoms with van der Waals surface area (Å²) in [5.74, 6) is -0.563. The maximum absolute atomic E-state index is 13.2. The number of carbonyl (C=O) groups is 2. The quantitative estimate of drug-likeness (QED) is 0.418. The highest BCUT2D eigenvalue weighted by molar-refractivity contribution is 8.27. The van der Waals surface area contributed by atoms with Crippen LogP contribution in [0.15, 0.2) is 66.1 Å². The van der Waals surface area contributed by atoms with E-state index in [9.17, 15) is 9.59 Å². The summed E-state index contributed by atoms with van der Waals surface area (Å²) in [4.78, 5) is 29.6. The van der Waals surface area contributed by atoms with Gasteiger partial charge in [0.15, 0.2) is 4.32 Å². The van der Waals surface area contributed by atoms with Crippen molar-refractivity contribution < 1.29 is 9.59 Å². The second-order valence-electron chi connectivity index (χ2n) is 5.89. The van der Waals surface area contributed by atoms with Crippen molar-refractivity contribution in [3.63, 3.8) is 0 Å². The third kappa shape index (κ3) is 2.81. The Morgan fingerprint density at radius 3 is 2.41 bits per heavy atom. The monoisotopic (exact) mass is 412 g/mol. The molecule has 1 saturated heterocycles. The number of hydrogen-bond acceptors (Lipinski definition) is 4. The van der Waals surface area contributed by atoms with Gasteiger partial charge in [-0.25, -0.2) is 0 Å². The highest BCUT2D eigenvalue weighted by Crippen LogP contribution is 2.46. The number of thioether (sulfide) groups is 1. The molecule has 0 spiro atoms. The lowest BCUT2D eigenvalue weighted by Gasteiger charge is -2.16. The summed E-state index contributed by atoms with van der Waals surface area (Å²) in [5, 5.41) is 0.423. The highest BCUT2D eigenvalue weighted by atomic mass is 35.5. The molecule has 0 bridgehead atoms. The van der Waals surface area contributed by atoms with Gasteiger partial charge in [0.25, 0.3) is 11.8 Å². The predicted octanol–water partition coefficient (Wildman–Crippen LogP) is 4.65. The normalized spacial score (nSPS) is 19.1. The van der Waals surface area contributed by atoms with Crippen LogP contribution in [0.2, 0.25) is 5.02 Å². The maximum atomic E-state index is 13.2. The molecule has 7 heteroatoms. The Kier molecular flexibility index (Phi) is 4.63. The van der Waals surface area contributed by atoms with E-state index in [2.05, 4.69) is 6.58 Å². The number of rotatable bonds is 3. The fourth-order valence-corrected chi connectivity index (χ4v) is 4.75. The van der Waals surface area contributed by atoms with E-state index in [0.717, 1.165) is 23.0 Å². The van der Waals surface area contributed by atoms with Gasteiger partial charge in [0, 0.05) is 12.1 Å². The number of hydrogen-bond donors (Lipinski definition) is 0. The van der Waals surface area contributed by atoms with Crippen LogP contribution in [0.25, 0.3) is 5.57 Å². The third-order valence-corrected chi connectivity index (χ3v) is 6.02. The van der Waals surface area contributed by atoms with E-state index >= 15 is 0 Å². The van der Waals surface area contributed by atoms with Gasteiger partial charge in [-0.2, -0.15) is 0 Å². The second-order valence-corrected chi connectivity index (χ2v) is 7.94. The van der Waals surface area contributed by atoms with Gasteiger partial charge in [-0.05, 0) is 18.2 Å². The first-order chi connectivity index (χ1) is 13.0. The molecule has 1 fully saturated rings. The first-order valence-corrected chi connectivity index (χ1v) is 9.72. The molecule has 2 amide bonds. The van der Waals surface area contributed by atoms with Gasteiger partial charge in [-0.1, -0.05) is 72.0 Å². The summed E-state index contributed by atoms with van der Waals surface area (Å²) in [6, 6.07) is 14.4. The molecule has 2 aromatic carbocycles. The summed E-state index contributed by atoms with van der Waals surface area (Å²) in [6.07, 6.45) is 1.66. The number of amides is 2. The molecule has 0 atom stereocenters. The van der Waals surface area contributed by atoms with E-state index in [-0.39, 0.29) is 11.8 Å². The smallest absolute Gasteiger partial charge is 0.271 e. The molecule has 2 aliphatic rings. The SMILES string of the molecule is C=CCN1C(=O)C(=C2SC(=S)N(c3ccccc3Cl)C2=O)c2ccccc21. The third-order valence-electron chi connectivity index (χ3n) is 4.32. The number of nitrogens with zero attached hydrogens (tertiary/aromatic N) is 2. The molecule has 0 unspecified atom stereocenters. The predicted molar refractivity (Wildman–Crippen MR) is 115 cm³/mol. The van der Waals surface area contributed by atoms with Crippen LogP contribution in [-0.2, 0) is 9.59 Å². The number of fused-ring (bicyclic) bond motifs is 1. The molecular formula is C20H13ClN2O2S2. The van der Waals surface area contributed by atoms with E-state index in [4.69, 9.17) is 23.8 Å². The van der Waals surface area contributed by atoms with Crippen molar-refractivity contribution in [2.24, 2.45) is 0 Å². The zero-order chi connectivity index (χ0) is 19.1. The topological polar surface area (TPSA) is 40.6 Å². The number of benzene rings is 2. The highest BCUT2D eigenvalue weighted by Gasteiger charge is 2.42. The Hall–Kier alpha value is -2.41. The van der Waals surface area contributed by atoms with E-state index in [1.807, 2.05) is 24.3 Å². The molecular weight excluding hydrogens is 400 g/mol. The van der Waals surface area contributed by atoms with Crippen LogP contribution in [0.3, 0.4) is 0 Å². The van der Waals surface area contributed by atoms with Crippen LogP contribution in [0.4, 0.5) is 11.4 Å². The summed E-state index contributed by atoms with van der Waals surface area (Å²) >= 11 is 12.8. The number of anilines is 2. The Balaban J connectivity index is 1.86. The summed E-state index contributed by atoms with van der Waals surface area (Å²) in [6.45, 7) is 4.08. The number of carbonyl (C=O) groups excluding carboxylic acids is 2. The van der Waals surface area contributed by atoms with Gasteiger partial charge < -0.3 is 4.90 Å². The molecule has 2 aliphatic heterocycles. The van der Waals surface area contributed by atoms with Crippen molar-refractivity contribution in [1.82, 2.24) is 0 Å². The number of halogens is 1. The average molecular weight is 413 g/mol. The van der Waals surface area contributed by atoms with Crippen molar-refractivity contribution in [2.75, 3.05) is 16.3 Å². The van der Waals surface area contributed by atoms with Gasteiger partial charge in [-0.3, -0.25) is 14.5 Å². The van der Waals surface area contributed by atoms with Crippen LogP contribution >= 0.6 is 35.6 Å². The van der Waals surface area contributed by atoms with Crippen LogP contribution in [0, 0.1) is 0 Å². The summed E-state index contributed by atoms with van der Waals surface area (Å²) < 4.78 is 0.350. The molecule has 27 heavy (non-hydrogen) atoms. The first-order valence-electron chi connectivity index (χ1n) is 8.12. The molecule has 0 radical (unpaired) electrons. The first kappa shape index (κ1) is 18.0. The van der Waals surface area contributed by atoms with E-state index in [0.29, 0.717) is 32.1 Å². The van der Waals surface area contributed by atoms with E-state index in [1.54, 1.807) is 35.2 Å². The summed E-state index contributed by atoms with van der Waals surface area (Å²) in [5.41, 5.74) is 2.38. The van der Waals surface area contributed by atoms with Gasteiger partial charge in [0.1, 0.15) is 0 Å². The standard InChI is InChI=1S/C20H13ClN2O2S2/c1-2-11-22-14-9-5-3-7-12(14)16(18(22)24)17-19(25)23(20(26)27-17)15-10-6-4-8-13(15)21/h2-10H,1,11H2. The van der Waals surface area contributed by atoms with E-state index < -0.39 is 0 Å². The van der Waals surface area contributed by atoms with Gasteiger partial charge in [0.2, 0.25) is 0 Å². The largest absolute Gasteiger partial charge is 0.304 e. The molecule has 4 nitrogen and oxygen atoms in total. The molecule has 0 N–H and O–H groups in total. The minimum Gasteiger partial charge on any atom is -0.304 e. The van der Waals surface area contributed by atoms with E-state index in [1.165, 1.54) is 4.90 Å². The van der Waals surface area contributed by atoms with Gasteiger partial charge in [-0.15, -0.1) is 6.58 Å². The molecule has 134 valence electrons. The Morgan fingerprint density at radius 2 is 1.70 bits per heavy atom. The Morgan fingerprint density at radius 1 is 1.04 bits per heavy atom. The second kappa shape index (κ2) is 6.96. The minimum absolute atomic E-state index is 0.226. The molecule has 0 aliphatic carbocycles. The molecule has 2 heterocycles. The van der Waals surface area contributed by atoms with Crippen LogP contribution in [0.1, 0.15) is 5.56 Å². The average Bonchev–Trinajstić information content (AvgIpc) is 3.10. The zero-order valence-electron chi connectivity index (χ0n) is 14.0. The Bertz CT molecular complexity index is 1050. The van der Waals surface area contributed by atoms with Crippen molar-refractivity contribution in [1.29, 1.82) is 0 Å². The lowest BCUT2D eigenvalue weighted by atomic mass is 10.1. The summed E-state index contributed by atoms with van der Waals surface area (Å²) in [7, 11) is 0. The molecule has 2 aromatic rings. The lowest BCUT2D eigenvalue weighted by molar-refractivity contribution is -0.115. The fraction of sp³-hybridized carbons (Fsp3) is 0.0500. The van der Waals surface area contributed by atoms with Gasteiger partial charge in [0.05, 0.1) is 26.9 Å². The number of para-hydroxylation sites is 2. The minimum atomic E-state index is -0.336. The molecule has 4 rings (SSSR count). The lowest BCUT2D eigenvalue weighted by Crippen LogP contribution is -2.29. The van der Waals surface area contributed by atoms with Crippen molar-refractivity contribution >= 4 is 68.7 Å². The molecule has 0 saturated carbocycles. The van der Waals surface area contributed by atoms with Crippen LogP contribution in [0.5, 0.6) is 0 Å². The van der Waals surface area contributed by atoms with Crippen molar-refractivity contribution in [2.45, 2.75) is 0 Å². The maximum Gasteiger partial charge on any atom is 0.271 e. The van der Waals surface area contributed by atoms with Gasteiger partial charge >= 0.3 is 0 Å². The van der Waals surface area contributed by atoms with Crippen molar-refractivity contribution in [3.05, 3.63) is 76.7 Å². The van der Waals surface area contributed by atoms with Crippen LogP contribution in [-0.4, -0.2) is 22.7 Å². The fourth-order valence-electron chi connectivity index (χ4n) is 3.17. The van der Waals surface area contributed by atoms with Crippen LogP contribution < -0.4 is 9.80 Å². The Labute approximate surface area is 171 Å². The van der Waals surface area contributed by atoms with Crippen molar-refractivity contribution in [3.8, 4) is 0 Å². The zero-order valence-corrected chi connectivity index (χ0v) is 16.4. The number of thiocarbonyl (C=S) groups is 1.